The molecule has 0 bridgehead atoms. The first-order valence-electron chi connectivity index (χ1n) is 7.72. The van der Waals surface area contributed by atoms with Gasteiger partial charge in [0.1, 0.15) is 5.82 Å². The number of fused-ring (bicyclic) bond motifs is 1. The average Bonchev–Trinajstić information content (AvgIpc) is 3.01. The van der Waals surface area contributed by atoms with Crippen LogP contribution in [0.15, 0.2) is 47.4 Å². The number of hydrogen-bond donors (Lipinski definition) is 2. The van der Waals surface area contributed by atoms with Crippen molar-refractivity contribution in [1.29, 1.82) is 0 Å². The number of anilines is 1. The van der Waals surface area contributed by atoms with Crippen molar-refractivity contribution in [3.63, 3.8) is 0 Å². The molecule has 1 heterocycles. The molecule has 0 atom stereocenters. The van der Waals surface area contributed by atoms with E-state index in [-0.39, 0.29) is 21.4 Å². The fraction of sp³-hybridized carbons (Fsp3) is 0.176. The van der Waals surface area contributed by atoms with E-state index in [1.165, 1.54) is 29.7 Å². The van der Waals surface area contributed by atoms with Gasteiger partial charge in [0.15, 0.2) is 9.84 Å². The van der Waals surface area contributed by atoms with Crippen LogP contribution in [-0.2, 0) is 9.84 Å². The van der Waals surface area contributed by atoms with Gasteiger partial charge in [-0.3, -0.25) is 4.79 Å². The summed E-state index contributed by atoms with van der Waals surface area (Å²) in [6.07, 6.45) is 1.09. The van der Waals surface area contributed by atoms with E-state index in [4.69, 9.17) is 11.6 Å². The Kier molecular flexibility index (Phi) is 5.45. The summed E-state index contributed by atoms with van der Waals surface area (Å²) >= 11 is 7.45. The smallest absolute Gasteiger partial charge is 0.252 e. The van der Waals surface area contributed by atoms with Gasteiger partial charge in [-0.2, -0.15) is 4.37 Å². The molecule has 0 radical (unpaired) electrons. The molecule has 3 rings (SSSR count). The Labute approximate surface area is 160 Å². The second kappa shape index (κ2) is 7.61. The van der Waals surface area contributed by atoms with Gasteiger partial charge in [-0.1, -0.05) is 23.7 Å². The zero-order valence-corrected chi connectivity index (χ0v) is 16.2. The lowest BCUT2D eigenvalue weighted by Gasteiger charge is -2.09. The molecule has 0 saturated carbocycles. The maximum Gasteiger partial charge on any atom is 0.252 e. The fourth-order valence-electron chi connectivity index (χ4n) is 2.38. The fourth-order valence-corrected chi connectivity index (χ4v) is 4.11. The highest BCUT2D eigenvalue weighted by Gasteiger charge is 2.14. The molecular weight excluding hydrogens is 394 g/mol. The lowest BCUT2D eigenvalue weighted by atomic mass is 10.2. The van der Waals surface area contributed by atoms with Crippen LogP contribution in [-0.4, -0.2) is 38.0 Å². The Morgan fingerprint density at radius 1 is 1.19 bits per heavy atom. The van der Waals surface area contributed by atoms with Crippen LogP contribution in [0.1, 0.15) is 10.4 Å². The number of aromatic nitrogens is 1. The highest BCUT2D eigenvalue weighted by molar-refractivity contribution is 7.90. The summed E-state index contributed by atoms with van der Waals surface area (Å²) < 4.78 is 28.5. The van der Waals surface area contributed by atoms with E-state index in [2.05, 4.69) is 15.0 Å². The largest absolute Gasteiger partial charge is 0.367 e. The third-order valence-electron chi connectivity index (χ3n) is 3.69. The van der Waals surface area contributed by atoms with Crippen molar-refractivity contribution < 1.29 is 13.2 Å². The van der Waals surface area contributed by atoms with Crippen molar-refractivity contribution in [1.82, 2.24) is 9.69 Å². The number of halogens is 1. The number of nitrogens with zero attached hydrogens (tertiary/aromatic N) is 1. The van der Waals surface area contributed by atoms with Gasteiger partial charge in [0, 0.05) is 24.7 Å². The second-order valence-corrected chi connectivity index (χ2v) is 8.85. The third-order valence-corrected chi connectivity index (χ3v) is 5.94. The maximum atomic E-state index is 12.2. The van der Waals surface area contributed by atoms with Crippen LogP contribution >= 0.6 is 23.1 Å². The SMILES string of the molecule is CS(=O)(=O)c1ccc(C(=O)NCCNc2nsc3ccccc23)c(Cl)c1. The first kappa shape index (κ1) is 18.6. The first-order chi connectivity index (χ1) is 12.4. The standard InChI is InChI=1S/C17H16ClN3O3S2/c1-26(23,24)11-6-7-12(14(18)10-11)17(22)20-9-8-19-16-13-4-2-3-5-15(13)25-21-16/h2-7,10H,8-9H2,1H3,(H,19,21)(H,20,22). The van der Waals surface area contributed by atoms with Gasteiger partial charge in [0.2, 0.25) is 0 Å². The molecule has 2 N–H and O–H groups in total. The van der Waals surface area contributed by atoms with E-state index in [0.29, 0.717) is 13.1 Å². The van der Waals surface area contributed by atoms with E-state index < -0.39 is 9.84 Å². The van der Waals surface area contributed by atoms with E-state index in [1.54, 1.807) is 0 Å². The Hall–Kier alpha value is -2.16. The summed E-state index contributed by atoms with van der Waals surface area (Å²) in [6, 6.07) is 12.0. The number of nitrogens with one attached hydrogen (secondary N) is 2. The Balaban J connectivity index is 1.57. The molecule has 0 unspecified atom stereocenters. The number of benzene rings is 2. The van der Waals surface area contributed by atoms with Crippen LogP contribution in [0.4, 0.5) is 5.82 Å². The van der Waals surface area contributed by atoms with Crippen LogP contribution in [0.2, 0.25) is 5.02 Å². The number of carbonyl (C=O) groups is 1. The molecule has 9 heteroatoms. The molecule has 0 saturated heterocycles. The van der Waals surface area contributed by atoms with Crippen molar-refractivity contribution in [2.24, 2.45) is 0 Å². The predicted octanol–water partition coefficient (Wildman–Crippen LogP) is 3.20. The number of rotatable bonds is 6. The molecule has 2 aromatic carbocycles. The molecule has 0 aliphatic rings. The molecule has 0 aliphatic heterocycles. The Bertz CT molecular complexity index is 1060. The predicted molar refractivity (Wildman–Crippen MR) is 105 cm³/mol. The van der Waals surface area contributed by atoms with Crippen molar-refractivity contribution in [3.05, 3.63) is 53.1 Å². The minimum absolute atomic E-state index is 0.0797. The molecule has 0 aliphatic carbocycles. The van der Waals surface area contributed by atoms with Gasteiger partial charge in [0.25, 0.3) is 5.91 Å². The quantitative estimate of drug-likeness (QED) is 0.610. The number of amides is 1. The third kappa shape index (κ3) is 4.14. The van der Waals surface area contributed by atoms with Crippen LogP contribution < -0.4 is 10.6 Å². The summed E-state index contributed by atoms with van der Waals surface area (Å²) in [7, 11) is -3.36. The molecule has 26 heavy (non-hydrogen) atoms. The molecule has 1 aromatic heterocycles. The van der Waals surface area contributed by atoms with Gasteiger partial charge in [-0.25, -0.2) is 8.42 Å². The van der Waals surface area contributed by atoms with Crippen molar-refractivity contribution in [3.8, 4) is 0 Å². The zero-order chi connectivity index (χ0) is 18.7. The molecule has 0 fully saturated rings. The summed E-state index contributed by atoms with van der Waals surface area (Å²) in [4.78, 5) is 12.3. The molecule has 6 nitrogen and oxygen atoms in total. The van der Waals surface area contributed by atoms with Crippen LogP contribution in [0.3, 0.4) is 0 Å². The first-order valence-corrected chi connectivity index (χ1v) is 10.8. The van der Waals surface area contributed by atoms with Gasteiger partial charge in [-0.15, -0.1) is 0 Å². The molecule has 136 valence electrons. The van der Waals surface area contributed by atoms with Crippen LogP contribution in [0.5, 0.6) is 0 Å². The monoisotopic (exact) mass is 409 g/mol. The van der Waals surface area contributed by atoms with E-state index in [1.807, 2.05) is 24.3 Å². The van der Waals surface area contributed by atoms with Crippen molar-refractivity contribution in [2.75, 3.05) is 24.7 Å². The minimum atomic E-state index is -3.36. The topological polar surface area (TPSA) is 88.2 Å². The minimum Gasteiger partial charge on any atom is -0.367 e. The summed E-state index contributed by atoms with van der Waals surface area (Å²) in [6.45, 7) is 0.868. The highest BCUT2D eigenvalue weighted by Crippen LogP contribution is 2.25. The highest BCUT2D eigenvalue weighted by atomic mass is 35.5. The molecule has 3 aromatic rings. The summed E-state index contributed by atoms with van der Waals surface area (Å²) in [5.74, 6) is 0.426. The molecule has 0 spiro atoms. The average molecular weight is 410 g/mol. The van der Waals surface area contributed by atoms with Gasteiger partial charge >= 0.3 is 0 Å². The second-order valence-electron chi connectivity index (χ2n) is 5.62. The van der Waals surface area contributed by atoms with Crippen LogP contribution in [0.25, 0.3) is 10.1 Å². The van der Waals surface area contributed by atoms with Crippen molar-refractivity contribution in [2.45, 2.75) is 4.90 Å². The normalized spacial score (nSPS) is 11.5. The van der Waals surface area contributed by atoms with Crippen LogP contribution in [0, 0.1) is 0 Å². The lowest BCUT2D eigenvalue weighted by Crippen LogP contribution is -2.29. The van der Waals surface area contributed by atoms with Crippen molar-refractivity contribution >= 4 is 54.8 Å². The Morgan fingerprint density at radius 2 is 1.96 bits per heavy atom. The van der Waals surface area contributed by atoms with Gasteiger partial charge in [-0.05, 0) is 41.9 Å². The number of sulfone groups is 1. The van der Waals surface area contributed by atoms with E-state index in [0.717, 1.165) is 22.2 Å². The molecular formula is C17H16ClN3O3S2. The zero-order valence-electron chi connectivity index (χ0n) is 13.8. The Morgan fingerprint density at radius 3 is 2.69 bits per heavy atom. The number of hydrogen-bond acceptors (Lipinski definition) is 6. The summed E-state index contributed by atoms with van der Waals surface area (Å²) in [5.41, 5.74) is 0.234. The summed E-state index contributed by atoms with van der Waals surface area (Å²) in [5, 5.41) is 7.08. The maximum absolute atomic E-state index is 12.2. The van der Waals surface area contributed by atoms with Gasteiger partial charge < -0.3 is 10.6 Å². The van der Waals surface area contributed by atoms with E-state index >= 15 is 0 Å². The lowest BCUT2D eigenvalue weighted by molar-refractivity contribution is 0.0955. The van der Waals surface area contributed by atoms with E-state index in [9.17, 15) is 13.2 Å². The number of carbonyl (C=O) groups excluding carboxylic acids is 1. The van der Waals surface area contributed by atoms with Gasteiger partial charge in [0.05, 0.1) is 20.2 Å². The molecule has 1 amide bonds.